The van der Waals surface area contributed by atoms with E-state index in [1.807, 2.05) is 6.92 Å². The molecule has 0 aromatic heterocycles. The van der Waals surface area contributed by atoms with E-state index in [0.29, 0.717) is 24.2 Å². The van der Waals surface area contributed by atoms with E-state index in [4.69, 9.17) is 4.74 Å². The smallest absolute Gasteiger partial charge is 0.302 e. The van der Waals surface area contributed by atoms with E-state index < -0.39 is 5.41 Å². The van der Waals surface area contributed by atoms with Crippen molar-refractivity contribution in [3.63, 3.8) is 0 Å². The third-order valence-electron chi connectivity index (χ3n) is 8.79. The van der Waals surface area contributed by atoms with Crippen LogP contribution in [0, 0.1) is 34.5 Å². The Labute approximate surface area is 162 Å². The zero-order chi connectivity index (χ0) is 19.6. The third kappa shape index (κ3) is 2.66. The largest absolute Gasteiger partial charge is 0.463 e. The van der Waals surface area contributed by atoms with Gasteiger partial charge >= 0.3 is 5.97 Å². The molecule has 3 saturated carbocycles. The molecule has 0 aromatic carbocycles. The lowest BCUT2D eigenvalue weighted by atomic mass is 9.44. The molecule has 0 aliphatic heterocycles. The molecule has 3 fully saturated rings. The molecule has 0 N–H and O–H groups in total. The molecule has 0 saturated heterocycles. The molecule has 4 nitrogen and oxygen atoms in total. The van der Waals surface area contributed by atoms with E-state index >= 15 is 0 Å². The predicted octanol–water partition coefficient (Wildman–Crippen LogP) is 4.27. The van der Waals surface area contributed by atoms with Gasteiger partial charge < -0.3 is 4.74 Å². The molecule has 0 aromatic rings. The van der Waals surface area contributed by atoms with Crippen LogP contribution in [0.3, 0.4) is 0 Å². The van der Waals surface area contributed by atoms with Crippen LogP contribution in [0.2, 0.25) is 0 Å². The summed E-state index contributed by atoms with van der Waals surface area (Å²) < 4.78 is 5.52. The number of carbonyl (C=O) groups is 3. The Morgan fingerprint density at radius 1 is 1.11 bits per heavy atom. The Morgan fingerprint density at radius 3 is 2.52 bits per heavy atom. The first kappa shape index (κ1) is 18.9. The highest BCUT2D eigenvalue weighted by molar-refractivity contribution is 6.04. The number of carbonyl (C=O) groups excluding carboxylic acids is 3. The number of esters is 1. The van der Waals surface area contributed by atoms with Crippen molar-refractivity contribution < 1.29 is 19.1 Å². The van der Waals surface area contributed by atoms with Crippen LogP contribution in [0.25, 0.3) is 0 Å². The SMILES string of the molecule is CC(=O)O[C@H]1CC[C@@]2(C)[C@@H](CC[C@@H]3[C@H]4CC=C(C(C)=O)[C@@]4(C)C(=O)C[C@H]32)C1. The van der Waals surface area contributed by atoms with Crippen molar-refractivity contribution in [2.24, 2.45) is 34.5 Å². The third-order valence-corrected chi connectivity index (χ3v) is 8.79. The van der Waals surface area contributed by atoms with Gasteiger partial charge in [0.25, 0.3) is 0 Å². The van der Waals surface area contributed by atoms with E-state index in [1.54, 1.807) is 6.92 Å². The van der Waals surface area contributed by atoms with Gasteiger partial charge in [-0.05, 0) is 81.5 Å². The summed E-state index contributed by atoms with van der Waals surface area (Å²) in [5.41, 5.74) is 0.350. The topological polar surface area (TPSA) is 60.4 Å². The molecule has 27 heavy (non-hydrogen) atoms. The van der Waals surface area contributed by atoms with Gasteiger partial charge in [0.15, 0.2) is 5.78 Å². The predicted molar refractivity (Wildman–Crippen MR) is 102 cm³/mol. The number of fused-ring (bicyclic) bond motifs is 5. The molecule has 4 aliphatic rings. The van der Waals surface area contributed by atoms with Crippen LogP contribution in [0.15, 0.2) is 11.6 Å². The second kappa shape index (κ2) is 6.28. The quantitative estimate of drug-likeness (QED) is 0.679. The van der Waals surface area contributed by atoms with Crippen molar-refractivity contribution in [3.8, 4) is 0 Å². The number of rotatable bonds is 2. The van der Waals surface area contributed by atoms with Gasteiger partial charge in [-0.3, -0.25) is 14.4 Å². The highest BCUT2D eigenvalue weighted by Crippen LogP contribution is 2.65. The molecule has 4 aliphatic carbocycles. The Balaban J connectivity index is 1.60. The number of ether oxygens (including phenoxy) is 1. The van der Waals surface area contributed by atoms with Crippen molar-refractivity contribution in [3.05, 3.63) is 11.6 Å². The first-order chi connectivity index (χ1) is 12.7. The maximum Gasteiger partial charge on any atom is 0.302 e. The maximum atomic E-state index is 13.3. The van der Waals surface area contributed by atoms with Crippen molar-refractivity contribution in [1.82, 2.24) is 0 Å². The summed E-state index contributed by atoms with van der Waals surface area (Å²) in [6.07, 6.45) is 8.72. The molecule has 148 valence electrons. The molecule has 0 amide bonds. The van der Waals surface area contributed by atoms with E-state index in [-0.39, 0.29) is 35.0 Å². The minimum Gasteiger partial charge on any atom is -0.463 e. The van der Waals surface area contributed by atoms with Crippen LogP contribution >= 0.6 is 0 Å². The number of hydrogen-bond donors (Lipinski definition) is 0. The second-order valence-corrected chi connectivity index (χ2v) is 9.90. The van der Waals surface area contributed by atoms with Gasteiger partial charge in [0.05, 0.1) is 5.41 Å². The summed E-state index contributed by atoms with van der Waals surface area (Å²) in [6, 6.07) is 0. The molecule has 0 unspecified atom stereocenters. The molecule has 4 rings (SSSR count). The fraction of sp³-hybridized carbons (Fsp3) is 0.783. The lowest BCUT2D eigenvalue weighted by Crippen LogP contribution is -2.57. The van der Waals surface area contributed by atoms with Crippen LogP contribution < -0.4 is 0 Å². The Morgan fingerprint density at radius 2 is 1.85 bits per heavy atom. The number of allylic oxidation sites excluding steroid dienone is 2. The van der Waals surface area contributed by atoms with E-state index in [2.05, 4.69) is 13.0 Å². The Bertz CT molecular complexity index is 722. The normalized spacial score (nSPS) is 46.0. The summed E-state index contributed by atoms with van der Waals surface area (Å²) in [7, 11) is 0. The zero-order valence-corrected chi connectivity index (χ0v) is 17.0. The second-order valence-electron chi connectivity index (χ2n) is 9.90. The highest BCUT2D eigenvalue weighted by Gasteiger charge is 2.62. The van der Waals surface area contributed by atoms with Gasteiger partial charge in [0.2, 0.25) is 0 Å². The number of Topliss-reactive ketones (excluding diaryl/α,β-unsaturated/α-hetero) is 2. The van der Waals surface area contributed by atoms with Crippen molar-refractivity contribution in [2.45, 2.75) is 78.7 Å². The van der Waals surface area contributed by atoms with Gasteiger partial charge in [-0.1, -0.05) is 13.0 Å². The fourth-order valence-corrected chi connectivity index (χ4v) is 7.38. The molecule has 0 spiro atoms. The minimum atomic E-state index is -0.564. The standard InChI is InChI=1S/C23H32O4/c1-13(24)18-7-8-19-17-6-5-15-11-16(27-14(2)25)9-10-22(15,3)20(17)12-21(26)23(18,19)4/h7,15-17,19-20H,5-6,8-12H2,1-4H3/t15-,16-,17+,19+,20+,22-,23+/m0/s1. The van der Waals surface area contributed by atoms with Crippen LogP contribution in [-0.2, 0) is 19.1 Å². The fourth-order valence-electron chi connectivity index (χ4n) is 7.38. The van der Waals surface area contributed by atoms with Crippen LogP contribution in [0.1, 0.15) is 72.6 Å². The van der Waals surface area contributed by atoms with E-state index in [0.717, 1.165) is 44.1 Å². The first-order valence-electron chi connectivity index (χ1n) is 10.6. The van der Waals surface area contributed by atoms with Crippen molar-refractivity contribution in [2.75, 3.05) is 0 Å². The lowest BCUT2D eigenvalue weighted by molar-refractivity contribution is -0.163. The molecular formula is C23H32O4. The molecule has 4 heteroatoms. The Hall–Kier alpha value is -1.45. The summed E-state index contributed by atoms with van der Waals surface area (Å²) in [4.78, 5) is 36.9. The summed E-state index contributed by atoms with van der Waals surface area (Å²) in [5.74, 6) is 1.88. The molecule has 0 heterocycles. The number of hydrogen-bond acceptors (Lipinski definition) is 4. The van der Waals surface area contributed by atoms with Gasteiger partial charge in [-0.25, -0.2) is 0 Å². The number of ketones is 2. The molecule has 7 atom stereocenters. The summed E-state index contributed by atoms with van der Waals surface area (Å²) in [6.45, 7) is 7.50. The average molecular weight is 373 g/mol. The van der Waals surface area contributed by atoms with Crippen LogP contribution in [0.5, 0.6) is 0 Å². The highest BCUT2D eigenvalue weighted by atomic mass is 16.5. The van der Waals surface area contributed by atoms with E-state index in [1.165, 1.54) is 6.92 Å². The first-order valence-corrected chi connectivity index (χ1v) is 10.6. The van der Waals surface area contributed by atoms with Crippen molar-refractivity contribution in [1.29, 1.82) is 0 Å². The van der Waals surface area contributed by atoms with Crippen LogP contribution in [0.4, 0.5) is 0 Å². The molecule has 0 bridgehead atoms. The lowest BCUT2D eigenvalue weighted by Gasteiger charge is -2.60. The monoisotopic (exact) mass is 372 g/mol. The Kier molecular flexibility index (Phi) is 4.40. The molecule has 0 radical (unpaired) electrons. The maximum absolute atomic E-state index is 13.3. The van der Waals surface area contributed by atoms with Crippen LogP contribution in [-0.4, -0.2) is 23.6 Å². The molecular weight excluding hydrogens is 340 g/mol. The minimum absolute atomic E-state index is 0.0409. The van der Waals surface area contributed by atoms with Gasteiger partial charge in [0.1, 0.15) is 11.9 Å². The van der Waals surface area contributed by atoms with Gasteiger partial charge in [-0.2, -0.15) is 0 Å². The average Bonchev–Trinajstić information content (AvgIpc) is 2.95. The van der Waals surface area contributed by atoms with E-state index in [9.17, 15) is 14.4 Å². The summed E-state index contributed by atoms with van der Waals surface area (Å²) in [5, 5.41) is 0. The van der Waals surface area contributed by atoms with Gasteiger partial charge in [0, 0.05) is 18.9 Å². The van der Waals surface area contributed by atoms with Crippen molar-refractivity contribution >= 4 is 17.5 Å². The summed E-state index contributed by atoms with van der Waals surface area (Å²) >= 11 is 0. The van der Waals surface area contributed by atoms with Gasteiger partial charge in [-0.15, -0.1) is 0 Å². The zero-order valence-electron chi connectivity index (χ0n) is 17.0.